The molecule has 0 saturated carbocycles. The van der Waals surface area contributed by atoms with Crippen molar-refractivity contribution in [3.63, 3.8) is 0 Å². The number of benzene rings is 1. The van der Waals surface area contributed by atoms with Crippen molar-refractivity contribution in [2.75, 3.05) is 5.73 Å². The van der Waals surface area contributed by atoms with Crippen molar-refractivity contribution in [3.8, 4) is 5.75 Å². The normalized spacial score (nSPS) is 11.3. The summed E-state index contributed by atoms with van der Waals surface area (Å²) in [6, 6.07) is 13.7. The fourth-order valence-corrected chi connectivity index (χ4v) is 1.94. The van der Waals surface area contributed by atoms with Gasteiger partial charge in [-0.2, -0.15) is 0 Å². The number of anilines is 1. The van der Waals surface area contributed by atoms with Crippen LogP contribution in [-0.4, -0.2) is 4.98 Å². The van der Waals surface area contributed by atoms with E-state index in [1.165, 1.54) is 5.56 Å². The molecule has 19 heavy (non-hydrogen) atoms. The first-order chi connectivity index (χ1) is 8.97. The zero-order chi connectivity index (χ0) is 13.9. The number of hydrogen-bond acceptors (Lipinski definition) is 3. The number of aromatic nitrogens is 1. The summed E-state index contributed by atoms with van der Waals surface area (Å²) >= 11 is 0. The van der Waals surface area contributed by atoms with Crippen LogP contribution in [0, 0.1) is 0 Å². The first kappa shape index (κ1) is 13.4. The summed E-state index contributed by atoms with van der Waals surface area (Å²) in [5, 5.41) is 0. The SMILES string of the molecule is CC(C)(C)c1ccccc1OCc1cccc(N)n1. The summed E-state index contributed by atoms with van der Waals surface area (Å²) in [7, 11) is 0. The summed E-state index contributed by atoms with van der Waals surface area (Å²) in [6.45, 7) is 6.95. The van der Waals surface area contributed by atoms with E-state index in [0.717, 1.165) is 11.4 Å². The zero-order valence-corrected chi connectivity index (χ0v) is 11.7. The maximum absolute atomic E-state index is 5.89. The first-order valence-corrected chi connectivity index (χ1v) is 6.40. The Morgan fingerprint density at radius 3 is 2.47 bits per heavy atom. The number of ether oxygens (including phenoxy) is 1. The molecular formula is C16H20N2O. The van der Waals surface area contributed by atoms with Crippen LogP contribution in [0.25, 0.3) is 0 Å². The van der Waals surface area contributed by atoms with Gasteiger partial charge in [0.15, 0.2) is 0 Å². The maximum Gasteiger partial charge on any atom is 0.130 e. The van der Waals surface area contributed by atoms with E-state index >= 15 is 0 Å². The van der Waals surface area contributed by atoms with Crippen LogP contribution < -0.4 is 10.5 Å². The number of rotatable bonds is 3. The molecule has 0 unspecified atom stereocenters. The molecule has 1 heterocycles. The summed E-state index contributed by atoms with van der Waals surface area (Å²) in [6.07, 6.45) is 0. The zero-order valence-electron chi connectivity index (χ0n) is 11.7. The summed E-state index contributed by atoms with van der Waals surface area (Å²) in [5.41, 5.74) is 7.75. The largest absolute Gasteiger partial charge is 0.487 e. The molecule has 0 atom stereocenters. The average molecular weight is 256 g/mol. The molecule has 3 heteroatoms. The third kappa shape index (κ3) is 3.47. The number of pyridine rings is 1. The van der Waals surface area contributed by atoms with Gasteiger partial charge in [-0.3, -0.25) is 0 Å². The first-order valence-electron chi connectivity index (χ1n) is 6.40. The molecular weight excluding hydrogens is 236 g/mol. The highest BCUT2D eigenvalue weighted by molar-refractivity contribution is 5.38. The molecule has 1 aromatic carbocycles. The maximum atomic E-state index is 5.89. The average Bonchev–Trinajstić information content (AvgIpc) is 2.36. The molecule has 0 spiro atoms. The Hall–Kier alpha value is -2.03. The topological polar surface area (TPSA) is 48.1 Å². The summed E-state index contributed by atoms with van der Waals surface area (Å²) in [5.74, 6) is 1.42. The van der Waals surface area contributed by atoms with Crippen LogP contribution in [-0.2, 0) is 12.0 Å². The number of hydrogen-bond donors (Lipinski definition) is 1. The van der Waals surface area contributed by atoms with Crippen molar-refractivity contribution >= 4 is 5.82 Å². The minimum Gasteiger partial charge on any atom is -0.487 e. The van der Waals surface area contributed by atoms with Gasteiger partial charge < -0.3 is 10.5 Å². The lowest BCUT2D eigenvalue weighted by Gasteiger charge is -2.22. The minimum atomic E-state index is 0.0553. The van der Waals surface area contributed by atoms with Gasteiger partial charge in [-0.15, -0.1) is 0 Å². The minimum absolute atomic E-state index is 0.0553. The molecule has 1 aromatic heterocycles. The monoisotopic (exact) mass is 256 g/mol. The Bertz CT molecular complexity index is 559. The quantitative estimate of drug-likeness (QED) is 0.913. The van der Waals surface area contributed by atoms with Crippen LogP contribution in [0.2, 0.25) is 0 Å². The van der Waals surface area contributed by atoms with Gasteiger partial charge >= 0.3 is 0 Å². The second kappa shape index (κ2) is 5.31. The van der Waals surface area contributed by atoms with Gasteiger partial charge in [-0.25, -0.2) is 4.98 Å². The Morgan fingerprint density at radius 2 is 1.79 bits per heavy atom. The van der Waals surface area contributed by atoms with Crippen LogP contribution in [0.15, 0.2) is 42.5 Å². The predicted octanol–water partition coefficient (Wildman–Crippen LogP) is 3.54. The third-order valence-electron chi connectivity index (χ3n) is 2.90. The molecule has 0 aliphatic rings. The van der Waals surface area contributed by atoms with Gasteiger partial charge in [0, 0.05) is 0 Å². The van der Waals surface area contributed by atoms with E-state index in [1.54, 1.807) is 6.07 Å². The van der Waals surface area contributed by atoms with Crippen molar-refractivity contribution in [1.29, 1.82) is 0 Å². The van der Waals surface area contributed by atoms with E-state index < -0.39 is 0 Å². The Labute approximate surface area is 114 Å². The van der Waals surface area contributed by atoms with Gasteiger partial charge in [0.2, 0.25) is 0 Å². The van der Waals surface area contributed by atoms with E-state index in [0.29, 0.717) is 12.4 Å². The number of para-hydroxylation sites is 1. The smallest absolute Gasteiger partial charge is 0.130 e. The Morgan fingerprint density at radius 1 is 1.05 bits per heavy atom. The van der Waals surface area contributed by atoms with Crippen LogP contribution in [0.4, 0.5) is 5.82 Å². The van der Waals surface area contributed by atoms with Crippen LogP contribution in [0.1, 0.15) is 32.0 Å². The van der Waals surface area contributed by atoms with Crippen LogP contribution in [0.5, 0.6) is 5.75 Å². The van der Waals surface area contributed by atoms with Crippen LogP contribution >= 0.6 is 0 Å². The Balaban J connectivity index is 2.16. The second-order valence-corrected chi connectivity index (χ2v) is 5.59. The molecule has 0 radical (unpaired) electrons. The molecule has 0 fully saturated rings. The molecule has 2 aromatic rings. The van der Waals surface area contributed by atoms with E-state index in [4.69, 9.17) is 10.5 Å². The molecule has 2 N–H and O–H groups in total. The van der Waals surface area contributed by atoms with Crippen molar-refractivity contribution in [2.45, 2.75) is 32.8 Å². The lowest BCUT2D eigenvalue weighted by molar-refractivity contribution is 0.293. The molecule has 0 saturated heterocycles. The molecule has 2 rings (SSSR count). The number of nitrogens with zero attached hydrogens (tertiary/aromatic N) is 1. The van der Waals surface area contributed by atoms with Crippen molar-refractivity contribution < 1.29 is 4.74 Å². The second-order valence-electron chi connectivity index (χ2n) is 5.59. The van der Waals surface area contributed by atoms with Gasteiger partial charge in [-0.1, -0.05) is 45.0 Å². The van der Waals surface area contributed by atoms with Crippen molar-refractivity contribution in [3.05, 3.63) is 53.7 Å². The molecule has 0 aliphatic heterocycles. The number of nitrogen functional groups attached to an aromatic ring is 1. The van der Waals surface area contributed by atoms with Crippen LogP contribution in [0.3, 0.4) is 0 Å². The molecule has 100 valence electrons. The molecule has 0 amide bonds. The Kier molecular flexibility index (Phi) is 3.74. The van der Waals surface area contributed by atoms with Gasteiger partial charge in [0.25, 0.3) is 0 Å². The van der Waals surface area contributed by atoms with E-state index in [1.807, 2.05) is 30.3 Å². The summed E-state index contributed by atoms with van der Waals surface area (Å²) < 4.78 is 5.89. The van der Waals surface area contributed by atoms with Gasteiger partial charge in [-0.05, 0) is 29.2 Å². The van der Waals surface area contributed by atoms with Crippen molar-refractivity contribution in [1.82, 2.24) is 4.98 Å². The molecule has 0 bridgehead atoms. The van der Waals surface area contributed by atoms with Gasteiger partial charge in [0.1, 0.15) is 18.2 Å². The van der Waals surface area contributed by atoms with E-state index in [9.17, 15) is 0 Å². The van der Waals surface area contributed by atoms with E-state index in [2.05, 4.69) is 31.8 Å². The highest BCUT2D eigenvalue weighted by Gasteiger charge is 2.18. The predicted molar refractivity (Wildman–Crippen MR) is 78.1 cm³/mol. The van der Waals surface area contributed by atoms with Gasteiger partial charge in [0.05, 0.1) is 5.69 Å². The fraction of sp³-hybridized carbons (Fsp3) is 0.312. The number of nitrogens with two attached hydrogens (primary N) is 1. The molecule has 0 aliphatic carbocycles. The highest BCUT2D eigenvalue weighted by Crippen LogP contribution is 2.31. The lowest BCUT2D eigenvalue weighted by atomic mass is 9.86. The molecule has 3 nitrogen and oxygen atoms in total. The standard InChI is InChI=1S/C16H20N2O/c1-16(2,3)13-8-4-5-9-14(13)19-11-12-7-6-10-15(17)18-12/h4-10H,11H2,1-3H3,(H2,17,18). The fourth-order valence-electron chi connectivity index (χ4n) is 1.94. The van der Waals surface area contributed by atoms with E-state index in [-0.39, 0.29) is 5.41 Å². The van der Waals surface area contributed by atoms with Crippen molar-refractivity contribution in [2.24, 2.45) is 0 Å². The third-order valence-corrected chi connectivity index (χ3v) is 2.90. The lowest BCUT2D eigenvalue weighted by Crippen LogP contribution is -2.13. The highest BCUT2D eigenvalue weighted by atomic mass is 16.5. The summed E-state index contributed by atoms with van der Waals surface area (Å²) in [4.78, 5) is 4.23.